The van der Waals surface area contributed by atoms with E-state index in [1.165, 1.54) is 20.0 Å². The largest absolute Gasteiger partial charge is 0.491 e. The molecule has 0 aliphatic carbocycles. The van der Waals surface area contributed by atoms with Gasteiger partial charge < -0.3 is 39.6 Å². The Balaban J connectivity index is 0.000000532. The third-order valence-electron chi connectivity index (χ3n) is 6.18. The first-order valence-corrected chi connectivity index (χ1v) is 14.5. The molecule has 11 heteroatoms. The standard InChI is InChI=1S/C21H26ClNO5.C10H22N2O2/c1-15-11-17(14-19(12-15)27-10-9-25-2)20(16-5-4-6-18(22)13-16)28-8-7-23-21(24)26-3;1-11-10(8-12-9-13)6-4-3-5-7-14-2/h4-6,11-14,20H,7-10H2,1-3H3,(H,23,24);9-11H,3-8H2,1-2H3,(H,12,13). The molecule has 0 bridgehead atoms. The number of methoxy groups -OCH3 is 3. The van der Waals surface area contributed by atoms with Gasteiger partial charge in [-0.1, -0.05) is 42.6 Å². The van der Waals surface area contributed by atoms with Gasteiger partial charge in [-0.3, -0.25) is 4.79 Å². The molecule has 2 aromatic carbocycles. The second-order valence-electron chi connectivity index (χ2n) is 9.50. The van der Waals surface area contributed by atoms with Crippen LogP contribution >= 0.6 is 11.6 Å². The zero-order chi connectivity index (χ0) is 31.0. The Kier molecular flexibility index (Phi) is 20.9. The number of rotatable bonds is 20. The molecule has 0 saturated heterocycles. The summed E-state index contributed by atoms with van der Waals surface area (Å²) in [6, 6.07) is 13.9. The topological polar surface area (TPSA) is 116 Å². The smallest absolute Gasteiger partial charge is 0.406 e. The number of halogens is 1. The van der Waals surface area contributed by atoms with E-state index in [2.05, 4.69) is 20.7 Å². The predicted octanol–water partition coefficient (Wildman–Crippen LogP) is 4.66. The zero-order valence-corrected chi connectivity index (χ0v) is 26.3. The third kappa shape index (κ3) is 16.5. The van der Waals surface area contributed by atoms with Gasteiger partial charge in [0.25, 0.3) is 0 Å². The molecule has 2 amide bonds. The molecule has 0 aliphatic rings. The first-order chi connectivity index (χ1) is 20.4. The maximum absolute atomic E-state index is 11.2. The summed E-state index contributed by atoms with van der Waals surface area (Å²) >= 11 is 6.18. The molecule has 2 rings (SSSR count). The van der Waals surface area contributed by atoms with Crippen LogP contribution < -0.4 is 20.7 Å². The van der Waals surface area contributed by atoms with E-state index in [1.54, 1.807) is 14.2 Å². The van der Waals surface area contributed by atoms with Gasteiger partial charge in [0.15, 0.2) is 0 Å². The number of hydrogen-bond donors (Lipinski definition) is 3. The van der Waals surface area contributed by atoms with Gasteiger partial charge in [-0.15, -0.1) is 0 Å². The summed E-state index contributed by atoms with van der Waals surface area (Å²) in [6.07, 6.45) is 4.47. The van der Waals surface area contributed by atoms with Gasteiger partial charge in [0.05, 0.1) is 20.3 Å². The fourth-order valence-electron chi connectivity index (χ4n) is 4.06. The van der Waals surface area contributed by atoms with Crippen LogP contribution in [0.25, 0.3) is 0 Å². The van der Waals surface area contributed by atoms with Crippen LogP contribution in [0.3, 0.4) is 0 Å². The highest BCUT2D eigenvalue weighted by Crippen LogP contribution is 2.31. The van der Waals surface area contributed by atoms with Crippen molar-refractivity contribution in [2.24, 2.45) is 0 Å². The Morgan fingerprint density at radius 3 is 2.40 bits per heavy atom. The number of carbonyl (C=O) groups excluding carboxylic acids is 2. The summed E-state index contributed by atoms with van der Waals surface area (Å²) in [5, 5.41) is 9.09. The van der Waals surface area contributed by atoms with E-state index in [1.807, 2.05) is 56.4 Å². The Morgan fingerprint density at radius 1 is 0.952 bits per heavy atom. The molecular weight excluding hydrogens is 562 g/mol. The monoisotopic (exact) mass is 609 g/mol. The van der Waals surface area contributed by atoms with Crippen LogP contribution in [0.2, 0.25) is 5.02 Å². The first-order valence-electron chi connectivity index (χ1n) is 14.1. The number of unbranched alkanes of at least 4 members (excludes halogenated alkanes) is 2. The summed E-state index contributed by atoms with van der Waals surface area (Å²) in [7, 11) is 6.61. The summed E-state index contributed by atoms with van der Waals surface area (Å²) in [4.78, 5) is 21.3. The van der Waals surface area contributed by atoms with Crippen molar-refractivity contribution in [2.45, 2.75) is 44.8 Å². The van der Waals surface area contributed by atoms with Crippen LogP contribution in [0, 0.1) is 6.92 Å². The molecule has 236 valence electrons. The minimum absolute atomic E-state index is 0.306. The van der Waals surface area contributed by atoms with Crippen molar-refractivity contribution >= 4 is 24.1 Å². The molecular formula is C31H48ClN3O7. The van der Waals surface area contributed by atoms with Crippen molar-refractivity contribution in [3.05, 3.63) is 64.2 Å². The SMILES string of the molecule is CNC(CCCCCOC)CNC=O.COCCOc1cc(C)cc(C(OCCNC(=O)OC)c2cccc(Cl)c2)c1. The van der Waals surface area contributed by atoms with Gasteiger partial charge in [0.1, 0.15) is 18.5 Å². The second kappa shape index (κ2) is 23.6. The van der Waals surface area contributed by atoms with Crippen molar-refractivity contribution in [1.29, 1.82) is 0 Å². The minimum atomic E-state index is -0.493. The quantitative estimate of drug-likeness (QED) is 0.147. The molecule has 0 heterocycles. The van der Waals surface area contributed by atoms with Crippen LogP contribution in [0.5, 0.6) is 5.75 Å². The fraction of sp³-hybridized carbons (Fsp3) is 0.548. The molecule has 10 nitrogen and oxygen atoms in total. The number of amides is 2. The number of likely N-dealkylation sites (N-methyl/N-ethyl adjacent to an activating group) is 1. The molecule has 2 unspecified atom stereocenters. The lowest BCUT2D eigenvalue weighted by atomic mass is 9.99. The number of carbonyl (C=O) groups is 2. The van der Waals surface area contributed by atoms with E-state index in [9.17, 15) is 9.59 Å². The highest BCUT2D eigenvalue weighted by atomic mass is 35.5. The van der Waals surface area contributed by atoms with E-state index >= 15 is 0 Å². The first kappa shape index (κ1) is 37.1. The second-order valence-corrected chi connectivity index (χ2v) is 9.94. The number of nitrogens with one attached hydrogen (secondary N) is 3. The molecule has 2 aromatic rings. The molecule has 0 aliphatic heterocycles. The van der Waals surface area contributed by atoms with Crippen molar-refractivity contribution in [1.82, 2.24) is 16.0 Å². The molecule has 0 fully saturated rings. The van der Waals surface area contributed by atoms with Gasteiger partial charge in [0.2, 0.25) is 6.41 Å². The Labute approximate surface area is 255 Å². The van der Waals surface area contributed by atoms with Crippen molar-refractivity contribution in [3.63, 3.8) is 0 Å². The minimum Gasteiger partial charge on any atom is -0.491 e. The van der Waals surface area contributed by atoms with Crippen molar-refractivity contribution in [2.75, 3.05) is 67.9 Å². The molecule has 42 heavy (non-hydrogen) atoms. The van der Waals surface area contributed by atoms with E-state index in [0.717, 1.165) is 48.3 Å². The van der Waals surface area contributed by atoms with Crippen LogP contribution in [-0.4, -0.2) is 86.4 Å². The van der Waals surface area contributed by atoms with E-state index in [-0.39, 0.29) is 6.10 Å². The average Bonchev–Trinajstić information content (AvgIpc) is 2.98. The van der Waals surface area contributed by atoms with E-state index in [0.29, 0.717) is 44.0 Å². The summed E-state index contributed by atoms with van der Waals surface area (Å²) < 4.78 is 26.4. The zero-order valence-electron chi connectivity index (χ0n) is 25.6. The Morgan fingerprint density at radius 2 is 1.74 bits per heavy atom. The Hall–Kier alpha value is -2.89. The maximum atomic E-state index is 11.2. The highest BCUT2D eigenvalue weighted by molar-refractivity contribution is 6.30. The predicted molar refractivity (Wildman–Crippen MR) is 165 cm³/mol. The number of hydrogen-bond acceptors (Lipinski definition) is 8. The summed E-state index contributed by atoms with van der Waals surface area (Å²) in [5.41, 5.74) is 2.90. The van der Waals surface area contributed by atoms with Crippen LogP contribution in [0.15, 0.2) is 42.5 Å². The number of benzene rings is 2. The lowest BCUT2D eigenvalue weighted by Crippen LogP contribution is -2.35. The van der Waals surface area contributed by atoms with Gasteiger partial charge in [-0.2, -0.15) is 0 Å². The molecule has 2 atom stereocenters. The fourth-order valence-corrected chi connectivity index (χ4v) is 4.26. The lowest BCUT2D eigenvalue weighted by molar-refractivity contribution is -0.109. The molecule has 3 N–H and O–H groups in total. The molecule has 0 radical (unpaired) electrons. The number of aryl methyl sites for hydroxylation is 1. The van der Waals surface area contributed by atoms with Gasteiger partial charge >= 0.3 is 6.09 Å². The van der Waals surface area contributed by atoms with Crippen LogP contribution in [-0.2, 0) is 23.7 Å². The molecule has 0 spiro atoms. The van der Waals surface area contributed by atoms with Crippen molar-refractivity contribution < 1.29 is 33.3 Å². The highest BCUT2D eigenvalue weighted by Gasteiger charge is 2.17. The number of ether oxygens (including phenoxy) is 5. The van der Waals surface area contributed by atoms with Gasteiger partial charge in [-0.25, -0.2) is 4.79 Å². The summed E-state index contributed by atoms with van der Waals surface area (Å²) in [5.74, 6) is 0.746. The van der Waals surface area contributed by atoms with Gasteiger partial charge in [0, 0.05) is 45.0 Å². The Bertz CT molecular complexity index is 1010. The molecule has 0 aromatic heterocycles. The third-order valence-corrected chi connectivity index (χ3v) is 6.42. The number of alkyl carbamates (subject to hydrolysis) is 1. The molecule has 0 saturated carbocycles. The lowest BCUT2D eigenvalue weighted by Gasteiger charge is -2.21. The van der Waals surface area contributed by atoms with Gasteiger partial charge in [-0.05, 0) is 67.8 Å². The van der Waals surface area contributed by atoms with E-state index in [4.69, 9.17) is 30.5 Å². The maximum Gasteiger partial charge on any atom is 0.406 e. The van der Waals surface area contributed by atoms with Crippen LogP contribution in [0.4, 0.5) is 4.79 Å². The normalized spacial score (nSPS) is 12.0. The van der Waals surface area contributed by atoms with E-state index < -0.39 is 6.09 Å². The average molecular weight is 610 g/mol. The van der Waals surface area contributed by atoms with Crippen molar-refractivity contribution in [3.8, 4) is 5.75 Å². The summed E-state index contributed by atoms with van der Waals surface area (Å²) in [6.45, 7) is 5.16. The van der Waals surface area contributed by atoms with Crippen LogP contribution in [0.1, 0.15) is 48.5 Å².